The summed E-state index contributed by atoms with van der Waals surface area (Å²) in [6, 6.07) is 5.26. The summed E-state index contributed by atoms with van der Waals surface area (Å²) in [6.07, 6.45) is 0.270. The molecule has 0 unspecified atom stereocenters. The molecule has 1 aliphatic rings. The molecule has 2 rings (SSSR count). The van der Waals surface area contributed by atoms with Crippen molar-refractivity contribution >= 4 is 46.5 Å². The summed E-state index contributed by atoms with van der Waals surface area (Å²) in [5.41, 5.74) is -0.732. The van der Waals surface area contributed by atoms with E-state index in [-0.39, 0.29) is 12.1 Å². The predicted molar refractivity (Wildman–Crippen MR) is 79.8 cm³/mol. The maximum Gasteiger partial charge on any atom is 0.315 e. The second kappa shape index (κ2) is 5.73. The third-order valence-corrected chi connectivity index (χ3v) is 4.51. The van der Waals surface area contributed by atoms with Crippen LogP contribution in [0.25, 0.3) is 0 Å². The van der Waals surface area contributed by atoms with E-state index >= 15 is 0 Å². The molecule has 0 radical (unpaired) electrons. The van der Waals surface area contributed by atoms with Crippen molar-refractivity contribution in [3.8, 4) is 0 Å². The average molecular weight is 347 g/mol. The second-order valence-corrected chi connectivity index (χ2v) is 6.63. The van der Waals surface area contributed by atoms with E-state index < -0.39 is 33.2 Å². The molecule has 22 heavy (non-hydrogen) atoms. The summed E-state index contributed by atoms with van der Waals surface area (Å²) in [5.74, 6) is -1.21. The van der Waals surface area contributed by atoms with Crippen molar-refractivity contribution in [3.63, 3.8) is 0 Å². The van der Waals surface area contributed by atoms with E-state index in [1.54, 1.807) is 6.92 Å². The van der Waals surface area contributed by atoms with Crippen molar-refractivity contribution in [2.24, 2.45) is 5.41 Å². The Morgan fingerprint density at radius 3 is 2.36 bits per heavy atom. The average Bonchev–Trinajstić information content (AvgIpc) is 2.97. The molecule has 1 saturated carbocycles. The van der Waals surface area contributed by atoms with E-state index in [1.807, 2.05) is 0 Å². The number of nitrogens with zero attached hydrogens (tertiary/aromatic N) is 1. The van der Waals surface area contributed by atoms with Gasteiger partial charge in [0.2, 0.25) is 0 Å². The van der Waals surface area contributed by atoms with Crippen LogP contribution in [0.4, 0.5) is 11.4 Å². The van der Waals surface area contributed by atoms with Gasteiger partial charge in [0, 0.05) is 24.2 Å². The van der Waals surface area contributed by atoms with E-state index in [0.29, 0.717) is 5.69 Å². The molecule has 1 fully saturated rings. The first-order valence-electron chi connectivity index (χ1n) is 6.25. The number of ether oxygens (including phenoxy) is 1. The van der Waals surface area contributed by atoms with E-state index in [2.05, 4.69) is 5.32 Å². The molecule has 0 heterocycles. The summed E-state index contributed by atoms with van der Waals surface area (Å²) in [5, 5.41) is 13.0. The SMILES string of the molecule is C[C@@]1(C(=O)OCC(=O)Nc2ccc([N+](=O)[O-])cc2)CC1(Cl)Cl. The van der Waals surface area contributed by atoms with Crippen LogP contribution in [0.3, 0.4) is 0 Å². The fourth-order valence-electron chi connectivity index (χ4n) is 1.78. The predicted octanol–water partition coefficient (Wildman–Crippen LogP) is 2.66. The molecule has 0 saturated heterocycles. The number of hydrogen-bond donors (Lipinski definition) is 1. The first-order chi connectivity index (χ1) is 10.2. The minimum absolute atomic E-state index is 0.0911. The van der Waals surface area contributed by atoms with Crippen LogP contribution in [0.2, 0.25) is 0 Å². The van der Waals surface area contributed by atoms with Gasteiger partial charge in [0.05, 0.1) is 4.92 Å². The quantitative estimate of drug-likeness (QED) is 0.382. The second-order valence-electron chi connectivity index (χ2n) is 5.14. The number of carbonyl (C=O) groups excluding carboxylic acids is 2. The van der Waals surface area contributed by atoms with Crippen LogP contribution in [0.1, 0.15) is 13.3 Å². The van der Waals surface area contributed by atoms with Crippen LogP contribution in [-0.2, 0) is 14.3 Å². The van der Waals surface area contributed by atoms with E-state index in [1.165, 1.54) is 24.3 Å². The lowest BCUT2D eigenvalue weighted by Gasteiger charge is -2.11. The number of halogens is 2. The van der Waals surface area contributed by atoms with Crippen LogP contribution < -0.4 is 5.32 Å². The molecule has 1 aromatic carbocycles. The number of non-ortho nitro benzene ring substituents is 1. The van der Waals surface area contributed by atoms with Crippen molar-refractivity contribution in [2.75, 3.05) is 11.9 Å². The number of rotatable bonds is 5. The Bertz CT molecular complexity index is 632. The van der Waals surface area contributed by atoms with Crippen LogP contribution >= 0.6 is 23.2 Å². The van der Waals surface area contributed by atoms with Crippen LogP contribution in [-0.4, -0.2) is 27.7 Å². The van der Waals surface area contributed by atoms with Gasteiger partial charge in [-0.1, -0.05) is 0 Å². The lowest BCUT2D eigenvalue weighted by molar-refractivity contribution is -0.384. The first kappa shape index (κ1) is 16.5. The Morgan fingerprint density at radius 1 is 1.36 bits per heavy atom. The van der Waals surface area contributed by atoms with Crippen molar-refractivity contribution < 1.29 is 19.2 Å². The van der Waals surface area contributed by atoms with Gasteiger partial charge in [0.25, 0.3) is 11.6 Å². The minimum Gasteiger partial charge on any atom is -0.455 e. The Labute approximate surface area is 135 Å². The van der Waals surface area contributed by atoms with Gasteiger partial charge in [-0.3, -0.25) is 19.7 Å². The topological polar surface area (TPSA) is 98.5 Å². The molecule has 0 spiro atoms. The van der Waals surface area contributed by atoms with Crippen molar-refractivity contribution in [1.29, 1.82) is 0 Å². The zero-order chi connectivity index (χ0) is 16.5. The lowest BCUT2D eigenvalue weighted by Crippen LogP contribution is -2.26. The largest absolute Gasteiger partial charge is 0.455 e. The van der Waals surface area contributed by atoms with Crippen molar-refractivity contribution in [1.82, 2.24) is 0 Å². The lowest BCUT2D eigenvalue weighted by atomic mass is 10.1. The highest BCUT2D eigenvalue weighted by Gasteiger charge is 2.69. The van der Waals surface area contributed by atoms with Gasteiger partial charge in [-0.05, 0) is 19.1 Å². The monoisotopic (exact) mass is 346 g/mol. The summed E-state index contributed by atoms with van der Waals surface area (Å²) < 4.78 is 3.72. The third-order valence-electron chi connectivity index (χ3n) is 3.40. The van der Waals surface area contributed by atoms with E-state index in [9.17, 15) is 19.7 Å². The van der Waals surface area contributed by atoms with Gasteiger partial charge in [-0.2, -0.15) is 0 Å². The number of amides is 1. The van der Waals surface area contributed by atoms with Crippen molar-refractivity contribution in [3.05, 3.63) is 34.4 Å². The number of nitro groups is 1. The molecule has 0 aromatic heterocycles. The zero-order valence-corrected chi connectivity index (χ0v) is 13.0. The number of hydrogen-bond acceptors (Lipinski definition) is 5. The van der Waals surface area contributed by atoms with Crippen LogP contribution in [0.15, 0.2) is 24.3 Å². The third kappa shape index (κ3) is 3.31. The number of nitro benzene ring substituents is 1. The number of benzene rings is 1. The molecule has 118 valence electrons. The number of alkyl halides is 2. The van der Waals surface area contributed by atoms with E-state index in [0.717, 1.165) is 0 Å². The smallest absolute Gasteiger partial charge is 0.315 e. The Hall–Kier alpha value is -1.86. The standard InChI is InChI=1S/C13H12Cl2N2O5/c1-12(7-13(12,14)15)11(19)22-6-10(18)16-8-2-4-9(5-3-8)17(20)21/h2-5H,6-7H2,1H3,(H,16,18)/t12-/m0/s1. The summed E-state index contributed by atoms with van der Waals surface area (Å²) in [7, 11) is 0. The molecule has 1 N–H and O–H groups in total. The summed E-state index contributed by atoms with van der Waals surface area (Å²) in [6.45, 7) is 1.07. The Balaban J connectivity index is 1.83. The van der Waals surface area contributed by atoms with Gasteiger partial charge in [-0.15, -0.1) is 23.2 Å². The van der Waals surface area contributed by atoms with Crippen LogP contribution in [0.5, 0.6) is 0 Å². The molecular formula is C13H12Cl2N2O5. The highest BCUT2D eigenvalue weighted by atomic mass is 35.5. The first-order valence-corrected chi connectivity index (χ1v) is 7.01. The molecule has 7 nitrogen and oxygen atoms in total. The molecule has 0 aliphatic heterocycles. The molecule has 0 bridgehead atoms. The Morgan fingerprint density at radius 2 is 1.91 bits per heavy atom. The normalized spacial score (nSPS) is 21.8. The fraction of sp³-hybridized carbons (Fsp3) is 0.385. The number of anilines is 1. The molecule has 1 amide bonds. The maximum absolute atomic E-state index is 11.8. The Kier molecular flexibility index (Phi) is 4.30. The maximum atomic E-state index is 11.8. The van der Waals surface area contributed by atoms with Crippen LogP contribution in [0, 0.1) is 15.5 Å². The molecular weight excluding hydrogens is 335 g/mol. The van der Waals surface area contributed by atoms with Gasteiger partial charge < -0.3 is 10.1 Å². The highest BCUT2D eigenvalue weighted by Crippen LogP contribution is 2.64. The number of esters is 1. The molecule has 1 aliphatic carbocycles. The molecule has 1 atom stereocenters. The summed E-state index contributed by atoms with van der Waals surface area (Å²) >= 11 is 11.7. The minimum atomic E-state index is -1.15. The van der Waals surface area contributed by atoms with Gasteiger partial charge in [0.15, 0.2) is 6.61 Å². The van der Waals surface area contributed by atoms with Gasteiger partial charge in [0.1, 0.15) is 9.75 Å². The van der Waals surface area contributed by atoms with Gasteiger partial charge in [-0.25, -0.2) is 0 Å². The number of nitrogens with one attached hydrogen (secondary N) is 1. The number of carbonyl (C=O) groups is 2. The fourth-order valence-corrected chi connectivity index (χ4v) is 2.46. The van der Waals surface area contributed by atoms with Crippen molar-refractivity contribution in [2.45, 2.75) is 17.7 Å². The summed E-state index contributed by atoms with van der Waals surface area (Å²) in [4.78, 5) is 33.4. The molecule has 9 heteroatoms. The zero-order valence-electron chi connectivity index (χ0n) is 11.5. The highest BCUT2D eigenvalue weighted by molar-refractivity contribution is 6.53. The van der Waals surface area contributed by atoms with Gasteiger partial charge >= 0.3 is 5.97 Å². The van der Waals surface area contributed by atoms with E-state index in [4.69, 9.17) is 27.9 Å². The molecule has 1 aromatic rings.